The van der Waals surface area contributed by atoms with Crippen molar-refractivity contribution in [1.29, 1.82) is 0 Å². The molecule has 170 valence electrons. The number of phenols is 1. The first kappa shape index (κ1) is 23.3. The minimum absolute atomic E-state index is 0.0339. The lowest BCUT2D eigenvalue weighted by Crippen LogP contribution is -2.56. The van der Waals surface area contributed by atoms with Crippen LogP contribution in [0.15, 0.2) is 35.9 Å². The molecular weight excluding hydrogens is 400 g/mol. The van der Waals surface area contributed by atoms with Gasteiger partial charge in [0.15, 0.2) is 0 Å². The lowest BCUT2D eigenvalue weighted by Gasteiger charge is -2.44. The Morgan fingerprint density at radius 2 is 1.77 bits per heavy atom. The molecule has 1 aromatic rings. The van der Waals surface area contributed by atoms with Gasteiger partial charge in [0.05, 0.1) is 11.7 Å². The molecule has 0 aliphatic heterocycles. The van der Waals surface area contributed by atoms with Crippen LogP contribution in [0.3, 0.4) is 0 Å². The van der Waals surface area contributed by atoms with Crippen LogP contribution in [0.1, 0.15) is 57.8 Å². The van der Waals surface area contributed by atoms with E-state index in [-0.39, 0.29) is 23.7 Å². The van der Waals surface area contributed by atoms with E-state index in [4.69, 9.17) is 9.47 Å². The SMILES string of the molecule is CC(=O)O[C@@H]1C[C@]2(C)[C@H](O)CC(C)=C[C@H](OC(=O)c3ccc(O)cc3)[C@@H]2[C@]1(O)C(C)C. The number of phenolic OH excluding ortho intramolecular Hbond substituents is 1. The maximum Gasteiger partial charge on any atom is 0.338 e. The predicted molar refractivity (Wildman–Crippen MR) is 113 cm³/mol. The second-order valence-electron chi connectivity index (χ2n) is 9.48. The van der Waals surface area contributed by atoms with Gasteiger partial charge in [0.2, 0.25) is 0 Å². The van der Waals surface area contributed by atoms with Crippen LogP contribution in [0.4, 0.5) is 0 Å². The molecule has 7 heteroatoms. The number of ether oxygens (including phenoxy) is 2. The normalized spacial score (nSPS) is 35.2. The van der Waals surface area contributed by atoms with E-state index in [0.717, 1.165) is 5.57 Å². The minimum atomic E-state index is -1.51. The second-order valence-corrected chi connectivity index (χ2v) is 9.48. The van der Waals surface area contributed by atoms with E-state index in [1.54, 1.807) is 6.08 Å². The molecule has 6 atom stereocenters. The van der Waals surface area contributed by atoms with Crippen LogP contribution in [-0.4, -0.2) is 51.2 Å². The van der Waals surface area contributed by atoms with Gasteiger partial charge in [0.25, 0.3) is 0 Å². The number of hydrogen-bond acceptors (Lipinski definition) is 7. The van der Waals surface area contributed by atoms with Gasteiger partial charge in [-0.05, 0) is 56.0 Å². The zero-order valence-corrected chi connectivity index (χ0v) is 18.7. The Bertz CT molecular complexity index is 874. The summed E-state index contributed by atoms with van der Waals surface area (Å²) in [5.41, 5.74) is -1.25. The fourth-order valence-corrected chi connectivity index (χ4v) is 5.34. The third-order valence-electron chi connectivity index (χ3n) is 6.98. The molecule has 0 saturated heterocycles. The minimum Gasteiger partial charge on any atom is -0.508 e. The first-order valence-corrected chi connectivity index (χ1v) is 10.6. The average Bonchev–Trinajstić information content (AvgIpc) is 2.84. The molecule has 2 aliphatic carbocycles. The van der Waals surface area contributed by atoms with Gasteiger partial charge in [-0.1, -0.05) is 26.3 Å². The van der Waals surface area contributed by atoms with Crippen LogP contribution < -0.4 is 0 Å². The fraction of sp³-hybridized carbons (Fsp3) is 0.583. The molecular formula is C24H32O7. The quantitative estimate of drug-likeness (QED) is 0.495. The molecule has 2 aliphatic rings. The van der Waals surface area contributed by atoms with Gasteiger partial charge in [0, 0.05) is 18.3 Å². The number of hydrogen-bond donors (Lipinski definition) is 3. The van der Waals surface area contributed by atoms with Gasteiger partial charge in [0.1, 0.15) is 23.6 Å². The summed E-state index contributed by atoms with van der Waals surface area (Å²) in [6.45, 7) is 8.66. The topological polar surface area (TPSA) is 113 Å². The summed E-state index contributed by atoms with van der Waals surface area (Å²) in [6, 6.07) is 5.72. The molecule has 0 spiro atoms. The van der Waals surface area contributed by atoms with Crippen LogP contribution in [-0.2, 0) is 14.3 Å². The van der Waals surface area contributed by atoms with Crippen molar-refractivity contribution in [1.82, 2.24) is 0 Å². The Balaban J connectivity index is 2.06. The van der Waals surface area contributed by atoms with E-state index in [1.165, 1.54) is 31.2 Å². The number of esters is 2. The third-order valence-corrected chi connectivity index (χ3v) is 6.98. The molecule has 0 heterocycles. The van der Waals surface area contributed by atoms with Crippen molar-refractivity contribution in [3.05, 3.63) is 41.5 Å². The van der Waals surface area contributed by atoms with Crippen molar-refractivity contribution < 1.29 is 34.4 Å². The highest BCUT2D eigenvalue weighted by Crippen LogP contribution is 2.59. The molecule has 0 bridgehead atoms. The summed E-state index contributed by atoms with van der Waals surface area (Å²) in [6.07, 6.45) is -0.0893. The van der Waals surface area contributed by atoms with Crippen LogP contribution in [0.25, 0.3) is 0 Å². The molecule has 0 unspecified atom stereocenters. The number of rotatable bonds is 4. The summed E-state index contributed by atoms with van der Waals surface area (Å²) < 4.78 is 11.4. The van der Waals surface area contributed by atoms with Crippen molar-refractivity contribution in [3.8, 4) is 5.75 Å². The number of carbonyl (C=O) groups excluding carboxylic acids is 2. The first-order chi connectivity index (χ1) is 14.4. The number of benzene rings is 1. The van der Waals surface area contributed by atoms with Crippen LogP contribution >= 0.6 is 0 Å². The Labute approximate surface area is 182 Å². The largest absolute Gasteiger partial charge is 0.508 e. The average molecular weight is 433 g/mol. The van der Waals surface area contributed by atoms with E-state index < -0.39 is 47.2 Å². The summed E-state index contributed by atoms with van der Waals surface area (Å²) in [4.78, 5) is 24.7. The second kappa shape index (κ2) is 8.28. The van der Waals surface area contributed by atoms with Gasteiger partial charge < -0.3 is 24.8 Å². The summed E-state index contributed by atoms with van der Waals surface area (Å²) in [7, 11) is 0. The summed E-state index contributed by atoms with van der Waals surface area (Å²) in [5, 5.41) is 32.5. The molecule has 0 aromatic heterocycles. The third kappa shape index (κ3) is 4.08. The van der Waals surface area contributed by atoms with E-state index in [2.05, 4.69) is 0 Å². The Morgan fingerprint density at radius 1 is 1.16 bits per heavy atom. The molecule has 0 amide bonds. The highest BCUT2D eigenvalue weighted by molar-refractivity contribution is 5.89. The predicted octanol–water partition coefficient (Wildman–Crippen LogP) is 2.97. The van der Waals surface area contributed by atoms with Gasteiger partial charge in [-0.3, -0.25) is 4.79 Å². The van der Waals surface area contributed by atoms with Crippen molar-refractivity contribution >= 4 is 11.9 Å². The van der Waals surface area contributed by atoms with Crippen LogP contribution in [0, 0.1) is 17.3 Å². The number of aliphatic hydroxyl groups excluding tert-OH is 1. The molecule has 1 fully saturated rings. The van der Waals surface area contributed by atoms with Gasteiger partial charge in [-0.15, -0.1) is 0 Å². The van der Waals surface area contributed by atoms with Crippen LogP contribution in [0.2, 0.25) is 0 Å². The Morgan fingerprint density at radius 3 is 2.32 bits per heavy atom. The molecule has 7 nitrogen and oxygen atoms in total. The highest BCUT2D eigenvalue weighted by Gasteiger charge is 2.67. The lowest BCUT2D eigenvalue weighted by atomic mass is 9.66. The summed E-state index contributed by atoms with van der Waals surface area (Å²) >= 11 is 0. The van der Waals surface area contributed by atoms with E-state index in [9.17, 15) is 24.9 Å². The first-order valence-electron chi connectivity index (χ1n) is 10.6. The molecule has 3 N–H and O–H groups in total. The van der Waals surface area contributed by atoms with Crippen molar-refractivity contribution in [2.45, 2.75) is 71.4 Å². The van der Waals surface area contributed by atoms with Crippen molar-refractivity contribution in [3.63, 3.8) is 0 Å². The number of fused-ring (bicyclic) bond motifs is 1. The number of aromatic hydroxyl groups is 1. The summed E-state index contributed by atoms with van der Waals surface area (Å²) in [5.74, 6) is -2.11. The zero-order chi connectivity index (χ0) is 23.1. The Hall–Kier alpha value is -2.38. The van der Waals surface area contributed by atoms with Gasteiger partial charge in [-0.25, -0.2) is 4.79 Å². The van der Waals surface area contributed by atoms with Gasteiger partial charge >= 0.3 is 11.9 Å². The van der Waals surface area contributed by atoms with E-state index >= 15 is 0 Å². The molecule has 3 rings (SSSR count). The lowest BCUT2D eigenvalue weighted by molar-refractivity contribution is -0.178. The maximum absolute atomic E-state index is 12.9. The molecule has 31 heavy (non-hydrogen) atoms. The highest BCUT2D eigenvalue weighted by atomic mass is 16.6. The van der Waals surface area contributed by atoms with Gasteiger partial charge in [-0.2, -0.15) is 0 Å². The van der Waals surface area contributed by atoms with E-state index in [0.29, 0.717) is 6.42 Å². The fourth-order valence-electron chi connectivity index (χ4n) is 5.34. The zero-order valence-electron chi connectivity index (χ0n) is 18.7. The maximum atomic E-state index is 12.9. The molecule has 1 saturated carbocycles. The molecule has 0 radical (unpaired) electrons. The Kier molecular flexibility index (Phi) is 6.22. The smallest absolute Gasteiger partial charge is 0.338 e. The van der Waals surface area contributed by atoms with Crippen LogP contribution in [0.5, 0.6) is 5.75 Å². The number of aliphatic hydroxyl groups is 2. The monoisotopic (exact) mass is 432 g/mol. The van der Waals surface area contributed by atoms with Crippen molar-refractivity contribution in [2.24, 2.45) is 17.3 Å². The molecule has 1 aromatic carbocycles. The van der Waals surface area contributed by atoms with Crippen molar-refractivity contribution in [2.75, 3.05) is 0 Å². The standard InChI is InChI=1S/C24H32O7/c1-13(2)24(29)20(30-15(4)25)12-23(5)19(27)11-14(3)10-18(21(23)24)31-22(28)16-6-8-17(26)9-7-16/h6-10,13,18-21,26-27,29H,11-12H2,1-5H3/t18-,19+,20+,21-,23+,24-/m0/s1. The van der Waals surface area contributed by atoms with E-state index in [1.807, 2.05) is 27.7 Å². The number of carbonyl (C=O) groups is 2.